The second kappa shape index (κ2) is 5.48. The first-order valence-corrected chi connectivity index (χ1v) is 7.72. The molecule has 0 aromatic heterocycles. The molecule has 2 aliphatic carbocycles. The summed E-state index contributed by atoms with van der Waals surface area (Å²) in [6.07, 6.45) is 9.71. The lowest BCUT2D eigenvalue weighted by molar-refractivity contribution is -0.0519. The van der Waals surface area contributed by atoms with Crippen molar-refractivity contribution in [1.29, 1.82) is 0 Å². The van der Waals surface area contributed by atoms with Crippen molar-refractivity contribution in [2.24, 2.45) is 17.8 Å². The molecule has 1 aliphatic heterocycles. The molecule has 0 aromatic rings. The molecule has 3 rings (SSSR count). The largest absolute Gasteiger partial charge is 0.394 e. The van der Waals surface area contributed by atoms with Gasteiger partial charge in [0.25, 0.3) is 0 Å². The van der Waals surface area contributed by atoms with E-state index in [-0.39, 0.29) is 18.8 Å². The van der Waals surface area contributed by atoms with Crippen LogP contribution in [-0.2, 0) is 4.74 Å². The number of aliphatic hydroxyl groups is 2. The van der Waals surface area contributed by atoms with Crippen LogP contribution in [0.3, 0.4) is 0 Å². The van der Waals surface area contributed by atoms with Gasteiger partial charge in [-0.2, -0.15) is 0 Å². The molecule has 1 heterocycles. The van der Waals surface area contributed by atoms with Gasteiger partial charge in [0.1, 0.15) is 6.10 Å². The molecule has 0 bridgehead atoms. The fraction of sp³-hybridized carbons (Fsp3) is 1.00. The minimum absolute atomic E-state index is 0.0452. The predicted octanol–water partition coefficient (Wildman–Crippen LogP) is 2.10. The lowest BCUT2D eigenvalue weighted by Crippen LogP contribution is -2.33. The smallest absolute Gasteiger partial charge is 0.107 e. The molecular formula is C15H26O3. The summed E-state index contributed by atoms with van der Waals surface area (Å²) in [4.78, 5) is 0. The molecule has 0 aromatic carbocycles. The van der Waals surface area contributed by atoms with Gasteiger partial charge in [0.2, 0.25) is 0 Å². The molecule has 104 valence electrons. The Labute approximate surface area is 110 Å². The highest BCUT2D eigenvalue weighted by Crippen LogP contribution is 2.45. The van der Waals surface area contributed by atoms with Crippen molar-refractivity contribution in [3.05, 3.63) is 0 Å². The van der Waals surface area contributed by atoms with Crippen LogP contribution < -0.4 is 0 Å². The van der Waals surface area contributed by atoms with Crippen molar-refractivity contribution < 1.29 is 14.9 Å². The Hall–Kier alpha value is -0.120. The molecular weight excluding hydrogens is 228 g/mol. The summed E-state index contributed by atoms with van der Waals surface area (Å²) in [5.74, 6) is 2.50. The number of hydrogen-bond donors (Lipinski definition) is 2. The van der Waals surface area contributed by atoms with Gasteiger partial charge in [0, 0.05) is 6.42 Å². The van der Waals surface area contributed by atoms with E-state index in [1.807, 2.05) is 0 Å². The Bertz CT molecular complexity index is 281. The van der Waals surface area contributed by atoms with Gasteiger partial charge in [-0.05, 0) is 37.0 Å². The molecule has 3 aliphatic rings. The molecule has 6 unspecified atom stereocenters. The number of rotatable bonds is 2. The summed E-state index contributed by atoms with van der Waals surface area (Å²) >= 11 is 0. The molecule has 3 nitrogen and oxygen atoms in total. The molecule has 2 saturated carbocycles. The summed E-state index contributed by atoms with van der Waals surface area (Å²) in [7, 11) is 0. The quantitative estimate of drug-likeness (QED) is 0.793. The molecule has 3 heteroatoms. The van der Waals surface area contributed by atoms with Crippen molar-refractivity contribution in [1.82, 2.24) is 0 Å². The molecule has 2 N–H and O–H groups in total. The molecule has 0 radical (unpaired) electrons. The normalized spacial score (nSPS) is 49.0. The van der Waals surface area contributed by atoms with Gasteiger partial charge in [-0.1, -0.05) is 25.7 Å². The van der Waals surface area contributed by atoms with Crippen LogP contribution in [0, 0.1) is 17.8 Å². The molecule has 18 heavy (non-hydrogen) atoms. The zero-order valence-corrected chi connectivity index (χ0v) is 11.1. The third kappa shape index (κ3) is 2.45. The van der Waals surface area contributed by atoms with Crippen molar-refractivity contribution in [3.8, 4) is 0 Å². The average molecular weight is 254 g/mol. The summed E-state index contributed by atoms with van der Waals surface area (Å²) in [6.45, 7) is -0.0452. The van der Waals surface area contributed by atoms with E-state index in [0.717, 1.165) is 18.3 Å². The van der Waals surface area contributed by atoms with Crippen molar-refractivity contribution >= 4 is 0 Å². The summed E-state index contributed by atoms with van der Waals surface area (Å²) in [5, 5.41) is 19.0. The Morgan fingerprint density at radius 2 is 1.61 bits per heavy atom. The van der Waals surface area contributed by atoms with Crippen LogP contribution >= 0.6 is 0 Å². The summed E-state index contributed by atoms with van der Waals surface area (Å²) in [6, 6.07) is 0. The lowest BCUT2D eigenvalue weighted by Gasteiger charge is -2.41. The van der Waals surface area contributed by atoms with Gasteiger partial charge >= 0.3 is 0 Å². The molecule has 1 saturated heterocycles. The topological polar surface area (TPSA) is 49.7 Å². The SMILES string of the molecule is OCC1OC(C2CCC3CCCCC3C2)CC1O. The second-order valence-electron chi connectivity index (χ2n) is 6.58. The van der Waals surface area contributed by atoms with Gasteiger partial charge in [-0.15, -0.1) is 0 Å². The summed E-state index contributed by atoms with van der Waals surface area (Å²) in [5.41, 5.74) is 0. The highest BCUT2D eigenvalue weighted by molar-refractivity contribution is 4.91. The second-order valence-corrected chi connectivity index (χ2v) is 6.58. The third-order valence-electron chi connectivity index (χ3n) is 5.54. The Kier molecular flexibility index (Phi) is 3.92. The van der Waals surface area contributed by atoms with E-state index in [1.54, 1.807) is 0 Å². The van der Waals surface area contributed by atoms with Crippen LogP contribution in [0.5, 0.6) is 0 Å². The number of hydrogen-bond acceptors (Lipinski definition) is 3. The molecule has 0 amide bonds. The monoisotopic (exact) mass is 254 g/mol. The Morgan fingerprint density at radius 1 is 0.889 bits per heavy atom. The maximum atomic E-state index is 9.84. The van der Waals surface area contributed by atoms with Gasteiger partial charge < -0.3 is 14.9 Å². The van der Waals surface area contributed by atoms with Crippen LogP contribution in [0.4, 0.5) is 0 Å². The molecule has 6 atom stereocenters. The predicted molar refractivity (Wildman–Crippen MR) is 69.2 cm³/mol. The first-order chi connectivity index (χ1) is 8.78. The minimum Gasteiger partial charge on any atom is -0.394 e. The van der Waals surface area contributed by atoms with E-state index in [9.17, 15) is 5.11 Å². The van der Waals surface area contributed by atoms with Crippen LogP contribution in [0.25, 0.3) is 0 Å². The minimum atomic E-state index is -0.455. The average Bonchev–Trinajstić information content (AvgIpc) is 2.79. The van der Waals surface area contributed by atoms with Crippen LogP contribution in [0.2, 0.25) is 0 Å². The zero-order valence-electron chi connectivity index (χ0n) is 11.1. The molecule has 3 fully saturated rings. The fourth-order valence-electron chi connectivity index (χ4n) is 4.48. The van der Waals surface area contributed by atoms with E-state index in [0.29, 0.717) is 5.92 Å². The third-order valence-corrected chi connectivity index (χ3v) is 5.54. The molecule has 0 spiro atoms. The highest BCUT2D eigenvalue weighted by atomic mass is 16.5. The van der Waals surface area contributed by atoms with Crippen LogP contribution in [-0.4, -0.2) is 35.1 Å². The van der Waals surface area contributed by atoms with Gasteiger partial charge in [0.05, 0.1) is 18.8 Å². The standard InChI is InChI=1S/C15H26O3/c16-9-15-13(17)8-14(18-15)12-6-5-10-3-1-2-4-11(10)7-12/h10-17H,1-9H2. The van der Waals surface area contributed by atoms with E-state index >= 15 is 0 Å². The maximum Gasteiger partial charge on any atom is 0.107 e. The Morgan fingerprint density at radius 3 is 2.33 bits per heavy atom. The fourth-order valence-corrected chi connectivity index (χ4v) is 4.48. The number of ether oxygens (including phenoxy) is 1. The van der Waals surface area contributed by atoms with Crippen molar-refractivity contribution in [3.63, 3.8) is 0 Å². The van der Waals surface area contributed by atoms with Crippen molar-refractivity contribution in [2.45, 2.75) is 69.7 Å². The van der Waals surface area contributed by atoms with E-state index < -0.39 is 6.10 Å². The van der Waals surface area contributed by atoms with Crippen LogP contribution in [0.1, 0.15) is 51.4 Å². The van der Waals surface area contributed by atoms with Crippen LogP contribution in [0.15, 0.2) is 0 Å². The van der Waals surface area contributed by atoms with Gasteiger partial charge in [-0.25, -0.2) is 0 Å². The van der Waals surface area contributed by atoms with E-state index in [2.05, 4.69) is 0 Å². The first kappa shape index (κ1) is 12.9. The Balaban J connectivity index is 1.58. The lowest BCUT2D eigenvalue weighted by atomic mass is 9.66. The van der Waals surface area contributed by atoms with Crippen molar-refractivity contribution in [2.75, 3.05) is 6.61 Å². The zero-order chi connectivity index (χ0) is 12.5. The van der Waals surface area contributed by atoms with E-state index in [4.69, 9.17) is 9.84 Å². The number of aliphatic hydroxyl groups excluding tert-OH is 2. The van der Waals surface area contributed by atoms with Gasteiger partial charge in [-0.3, -0.25) is 0 Å². The number of fused-ring (bicyclic) bond motifs is 1. The maximum absolute atomic E-state index is 9.84. The summed E-state index contributed by atoms with van der Waals surface area (Å²) < 4.78 is 5.84. The van der Waals surface area contributed by atoms with Gasteiger partial charge in [0.15, 0.2) is 0 Å². The first-order valence-electron chi connectivity index (χ1n) is 7.72. The van der Waals surface area contributed by atoms with E-state index in [1.165, 1.54) is 44.9 Å². The highest BCUT2D eigenvalue weighted by Gasteiger charge is 2.41.